The Morgan fingerprint density at radius 1 is 1.11 bits per heavy atom. The zero-order valence-corrected chi connectivity index (χ0v) is 17.1. The Bertz CT molecular complexity index is 660. The fourth-order valence-corrected chi connectivity index (χ4v) is 6.99. The van der Waals surface area contributed by atoms with E-state index >= 15 is 0 Å². The predicted molar refractivity (Wildman–Crippen MR) is 104 cm³/mol. The highest BCUT2D eigenvalue weighted by molar-refractivity contribution is 5.93. The second kappa shape index (κ2) is 6.98. The van der Waals surface area contributed by atoms with Gasteiger partial charge in [0.15, 0.2) is 0 Å². The molecule has 4 aliphatic carbocycles. The SMILES string of the molecule is CNCCO/N=C1/CC[C@@]2(C)[C@H](C1)C(=O)C[C@@H]1[C@@H]2CC[C@]2(C)C(=O)CC[C@@H]12. The van der Waals surface area contributed by atoms with E-state index < -0.39 is 0 Å². The maximum Gasteiger partial charge on any atom is 0.139 e. The summed E-state index contributed by atoms with van der Waals surface area (Å²) in [5.41, 5.74) is 0.960. The minimum absolute atomic E-state index is 0.0664. The van der Waals surface area contributed by atoms with Crippen molar-refractivity contribution in [3.05, 3.63) is 0 Å². The quantitative estimate of drug-likeness (QED) is 0.605. The minimum Gasteiger partial charge on any atom is -0.394 e. The molecule has 0 aliphatic heterocycles. The first kappa shape index (κ1) is 19.1. The van der Waals surface area contributed by atoms with Gasteiger partial charge in [-0.3, -0.25) is 9.59 Å². The number of fused-ring (bicyclic) bond motifs is 5. The number of hydrogen-bond acceptors (Lipinski definition) is 5. The molecule has 4 rings (SSSR count). The molecule has 150 valence electrons. The summed E-state index contributed by atoms with van der Waals surface area (Å²) in [6, 6.07) is 0. The summed E-state index contributed by atoms with van der Waals surface area (Å²) in [5.74, 6) is 2.35. The van der Waals surface area contributed by atoms with E-state index in [-0.39, 0.29) is 16.7 Å². The van der Waals surface area contributed by atoms with Crippen molar-refractivity contribution in [2.75, 3.05) is 20.2 Å². The number of nitrogens with one attached hydrogen (secondary N) is 1. The van der Waals surface area contributed by atoms with Crippen LogP contribution < -0.4 is 5.32 Å². The number of oxime groups is 1. The van der Waals surface area contributed by atoms with Gasteiger partial charge in [-0.15, -0.1) is 0 Å². The van der Waals surface area contributed by atoms with E-state index in [4.69, 9.17) is 4.84 Å². The van der Waals surface area contributed by atoms with Gasteiger partial charge in [0.1, 0.15) is 18.2 Å². The highest BCUT2D eigenvalue weighted by Gasteiger charge is 2.62. The molecular formula is C22H34N2O3. The van der Waals surface area contributed by atoms with Crippen LogP contribution in [-0.2, 0) is 14.4 Å². The molecule has 0 radical (unpaired) electrons. The first-order chi connectivity index (χ1) is 12.9. The van der Waals surface area contributed by atoms with E-state index in [9.17, 15) is 9.59 Å². The van der Waals surface area contributed by atoms with Crippen molar-refractivity contribution in [3.63, 3.8) is 0 Å². The van der Waals surface area contributed by atoms with Crippen LogP contribution in [0.15, 0.2) is 5.16 Å². The second-order valence-electron chi connectivity index (χ2n) is 9.82. The van der Waals surface area contributed by atoms with E-state index in [0.29, 0.717) is 42.3 Å². The van der Waals surface area contributed by atoms with Crippen molar-refractivity contribution in [3.8, 4) is 0 Å². The fourth-order valence-electron chi connectivity index (χ4n) is 6.99. The Morgan fingerprint density at radius 2 is 1.93 bits per heavy atom. The lowest BCUT2D eigenvalue weighted by Gasteiger charge is -2.58. The Hall–Kier alpha value is -1.23. The van der Waals surface area contributed by atoms with Gasteiger partial charge in [0.05, 0.1) is 5.71 Å². The molecule has 0 saturated heterocycles. The second-order valence-corrected chi connectivity index (χ2v) is 9.82. The number of carbonyl (C=O) groups excluding carboxylic acids is 2. The Balaban J connectivity index is 1.52. The third-order valence-corrected chi connectivity index (χ3v) is 8.64. The highest BCUT2D eigenvalue weighted by Crippen LogP contribution is 2.64. The summed E-state index contributed by atoms with van der Waals surface area (Å²) in [5, 5.41) is 7.38. The summed E-state index contributed by atoms with van der Waals surface area (Å²) in [7, 11) is 1.90. The molecule has 0 aromatic carbocycles. The lowest BCUT2D eigenvalue weighted by atomic mass is 9.45. The Morgan fingerprint density at radius 3 is 2.70 bits per heavy atom. The number of ketones is 2. The third-order valence-electron chi connectivity index (χ3n) is 8.64. The van der Waals surface area contributed by atoms with Crippen molar-refractivity contribution in [1.82, 2.24) is 5.32 Å². The number of likely N-dealkylation sites (N-methyl/N-ethyl adjacent to an activating group) is 1. The molecule has 4 aliphatic rings. The normalized spacial score (nSPS) is 45.4. The summed E-state index contributed by atoms with van der Waals surface area (Å²) in [6.07, 6.45) is 7.23. The van der Waals surface area contributed by atoms with Gasteiger partial charge in [-0.1, -0.05) is 19.0 Å². The van der Waals surface area contributed by atoms with Gasteiger partial charge in [0.2, 0.25) is 0 Å². The van der Waals surface area contributed by atoms with Crippen LogP contribution in [0, 0.1) is 34.5 Å². The van der Waals surface area contributed by atoms with Crippen LogP contribution in [0.5, 0.6) is 0 Å². The van der Waals surface area contributed by atoms with Gasteiger partial charge in [-0.05, 0) is 68.7 Å². The highest BCUT2D eigenvalue weighted by atomic mass is 16.6. The molecule has 0 heterocycles. The summed E-state index contributed by atoms with van der Waals surface area (Å²) in [4.78, 5) is 31.1. The third kappa shape index (κ3) is 2.97. The van der Waals surface area contributed by atoms with Gasteiger partial charge >= 0.3 is 0 Å². The van der Waals surface area contributed by atoms with E-state index in [1.165, 1.54) is 0 Å². The monoisotopic (exact) mass is 374 g/mol. The van der Waals surface area contributed by atoms with Crippen molar-refractivity contribution in [1.29, 1.82) is 0 Å². The Kier molecular flexibility index (Phi) is 4.94. The molecule has 5 heteroatoms. The number of rotatable bonds is 4. The van der Waals surface area contributed by atoms with Gasteiger partial charge < -0.3 is 10.2 Å². The number of Topliss-reactive ketones (excluding diaryl/α,β-unsaturated/α-hetero) is 2. The van der Waals surface area contributed by atoms with Crippen LogP contribution in [-0.4, -0.2) is 37.5 Å². The molecule has 4 fully saturated rings. The van der Waals surface area contributed by atoms with Crippen LogP contribution in [0.4, 0.5) is 0 Å². The van der Waals surface area contributed by atoms with Crippen LogP contribution >= 0.6 is 0 Å². The summed E-state index contributed by atoms with van der Waals surface area (Å²) in [6.45, 7) is 5.87. The molecule has 4 saturated carbocycles. The summed E-state index contributed by atoms with van der Waals surface area (Å²) >= 11 is 0. The molecule has 0 aromatic rings. The fraction of sp³-hybridized carbons (Fsp3) is 0.864. The van der Waals surface area contributed by atoms with E-state index in [1.54, 1.807) is 0 Å². The first-order valence-electron chi connectivity index (χ1n) is 10.8. The standard InChI is InChI=1S/C22H34N2O3/c1-21-8-6-14(24-27-11-10-23-3)12-18(21)19(25)13-15-16-4-5-20(26)22(16,2)9-7-17(15)21/h15-18,23H,4-13H2,1-3H3/b24-14-/t15-,16-,17-,18+,21+,22-/m0/s1. The van der Waals surface area contributed by atoms with E-state index in [1.807, 2.05) is 7.05 Å². The maximum atomic E-state index is 13.2. The number of nitrogens with zero attached hydrogens (tertiary/aromatic N) is 1. The zero-order chi connectivity index (χ0) is 19.2. The topological polar surface area (TPSA) is 67.8 Å². The molecule has 0 bridgehead atoms. The molecule has 0 aromatic heterocycles. The van der Waals surface area contributed by atoms with Gasteiger partial charge in [0.25, 0.3) is 0 Å². The average Bonchev–Trinajstić information content (AvgIpc) is 2.95. The lowest BCUT2D eigenvalue weighted by molar-refractivity contribution is -0.152. The molecule has 0 amide bonds. The maximum absolute atomic E-state index is 13.2. The predicted octanol–water partition coefficient (Wildman–Crippen LogP) is 3.37. The number of carbonyl (C=O) groups is 2. The molecule has 5 nitrogen and oxygen atoms in total. The molecule has 0 spiro atoms. The van der Waals surface area contributed by atoms with Gasteiger partial charge in [-0.25, -0.2) is 0 Å². The summed E-state index contributed by atoms with van der Waals surface area (Å²) < 4.78 is 0. The largest absolute Gasteiger partial charge is 0.394 e. The molecule has 0 unspecified atom stereocenters. The van der Waals surface area contributed by atoms with E-state index in [2.05, 4.69) is 24.3 Å². The number of hydrogen-bond donors (Lipinski definition) is 1. The van der Waals surface area contributed by atoms with E-state index in [0.717, 1.165) is 57.2 Å². The molecule has 6 atom stereocenters. The van der Waals surface area contributed by atoms with Crippen LogP contribution in [0.3, 0.4) is 0 Å². The Labute approximate surface area is 162 Å². The van der Waals surface area contributed by atoms with Crippen molar-refractivity contribution >= 4 is 17.3 Å². The average molecular weight is 375 g/mol. The van der Waals surface area contributed by atoms with Crippen molar-refractivity contribution < 1.29 is 14.4 Å². The van der Waals surface area contributed by atoms with Crippen LogP contribution in [0.1, 0.15) is 65.2 Å². The van der Waals surface area contributed by atoms with Gasteiger partial charge in [-0.2, -0.15) is 0 Å². The molecule has 27 heavy (non-hydrogen) atoms. The lowest BCUT2D eigenvalue weighted by Crippen LogP contribution is -2.56. The zero-order valence-electron chi connectivity index (χ0n) is 17.1. The van der Waals surface area contributed by atoms with Crippen LogP contribution in [0.2, 0.25) is 0 Å². The minimum atomic E-state index is -0.160. The van der Waals surface area contributed by atoms with Gasteiger partial charge in [0, 0.05) is 30.7 Å². The smallest absolute Gasteiger partial charge is 0.139 e. The molecular weight excluding hydrogens is 340 g/mol. The molecule has 1 N–H and O–H groups in total. The first-order valence-corrected chi connectivity index (χ1v) is 10.8. The van der Waals surface area contributed by atoms with Crippen LogP contribution in [0.25, 0.3) is 0 Å². The van der Waals surface area contributed by atoms with Crippen molar-refractivity contribution in [2.24, 2.45) is 39.7 Å². The van der Waals surface area contributed by atoms with Crippen molar-refractivity contribution in [2.45, 2.75) is 65.2 Å².